The molecular weight excluding hydrogens is 290 g/mol. The highest BCUT2D eigenvalue weighted by Crippen LogP contribution is 2.40. The molecule has 120 valence electrons. The van der Waals surface area contributed by atoms with Crippen molar-refractivity contribution in [2.24, 2.45) is 0 Å². The largest absolute Gasteiger partial charge is 0.347 e. The van der Waals surface area contributed by atoms with Crippen molar-refractivity contribution >= 4 is 5.91 Å². The summed E-state index contributed by atoms with van der Waals surface area (Å²) >= 11 is 0. The van der Waals surface area contributed by atoms with Gasteiger partial charge in [-0.3, -0.25) is 4.79 Å². The fourth-order valence-corrected chi connectivity index (χ4v) is 3.30. The molecule has 23 heavy (non-hydrogen) atoms. The van der Waals surface area contributed by atoms with Gasteiger partial charge in [0.1, 0.15) is 0 Å². The van der Waals surface area contributed by atoms with Gasteiger partial charge in [0.15, 0.2) is 5.69 Å². The molecule has 1 aliphatic carbocycles. The summed E-state index contributed by atoms with van der Waals surface area (Å²) in [7, 11) is 0. The highest BCUT2D eigenvalue weighted by Gasteiger charge is 2.39. The van der Waals surface area contributed by atoms with Crippen LogP contribution in [-0.2, 0) is 0 Å². The van der Waals surface area contributed by atoms with E-state index in [1.165, 1.54) is 5.56 Å². The third kappa shape index (κ3) is 3.12. The van der Waals surface area contributed by atoms with Crippen LogP contribution in [0.5, 0.6) is 0 Å². The maximum absolute atomic E-state index is 12.3. The summed E-state index contributed by atoms with van der Waals surface area (Å²) in [6.07, 6.45) is 4.84. The van der Waals surface area contributed by atoms with E-state index < -0.39 is 0 Å². The molecule has 2 fully saturated rings. The Bertz CT molecular complexity index is 677. The van der Waals surface area contributed by atoms with Gasteiger partial charge in [0, 0.05) is 12.0 Å². The van der Waals surface area contributed by atoms with Gasteiger partial charge in [-0.2, -0.15) is 0 Å². The molecule has 1 aromatic carbocycles. The van der Waals surface area contributed by atoms with E-state index in [2.05, 4.69) is 33.1 Å². The van der Waals surface area contributed by atoms with Crippen LogP contribution in [0.4, 0.5) is 0 Å². The maximum Gasteiger partial charge on any atom is 0.273 e. The zero-order chi connectivity index (χ0) is 15.6. The van der Waals surface area contributed by atoms with Crippen molar-refractivity contribution in [2.75, 3.05) is 13.1 Å². The number of benzene rings is 1. The van der Waals surface area contributed by atoms with Crippen LogP contribution < -0.4 is 10.6 Å². The number of amides is 1. The number of carbonyl (C=O) groups excluding carboxylic acids is 1. The SMILES string of the molecule is O=C(NC1CC1c1ccccc1)c1cn(C2CCNCC2)nn1. The summed E-state index contributed by atoms with van der Waals surface area (Å²) in [5.41, 5.74) is 1.71. The second kappa shape index (κ2) is 6.12. The lowest BCUT2D eigenvalue weighted by molar-refractivity contribution is 0.0945. The summed E-state index contributed by atoms with van der Waals surface area (Å²) in [6, 6.07) is 10.9. The number of nitrogens with zero attached hydrogens (tertiary/aromatic N) is 3. The molecule has 2 N–H and O–H groups in total. The fraction of sp³-hybridized carbons (Fsp3) is 0.471. The van der Waals surface area contributed by atoms with E-state index in [9.17, 15) is 4.79 Å². The lowest BCUT2D eigenvalue weighted by Crippen LogP contribution is -2.29. The minimum absolute atomic E-state index is 0.117. The Labute approximate surface area is 135 Å². The lowest BCUT2D eigenvalue weighted by atomic mass is 10.1. The molecule has 0 bridgehead atoms. The molecule has 4 rings (SSSR count). The zero-order valence-corrected chi connectivity index (χ0v) is 13.0. The molecule has 6 heteroatoms. The molecule has 1 aromatic heterocycles. The fourth-order valence-electron chi connectivity index (χ4n) is 3.30. The molecule has 1 aliphatic heterocycles. The van der Waals surface area contributed by atoms with Crippen LogP contribution in [0.1, 0.15) is 47.3 Å². The second-order valence-electron chi connectivity index (χ2n) is 6.40. The molecule has 1 amide bonds. The van der Waals surface area contributed by atoms with Gasteiger partial charge < -0.3 is 10.6 Å². The first-order chi connectivity index (χ1) is 11.3. The molecule has 2 aromatic rings. The van der Waals surface area contributed by atoms with Crippen LogP contribution in [0.25, 0.3) is 0 Å². The summed E-state index contributed by atoms with van der Waals surface area (Å²) in [5, 5.41) is 14.6. The van der Waals surface area contributed by atoms with Gasteiger partial charge in [0.05, 0.1) is 12.2 Å². The topological polar surface area (TPSA) is 71.8 Å². The molecule has 2 aliphatic rings. The molecule has 0 radical (unpaired) electrons. The molecule has 0 spiro atoms. The summed E-state index contributed by atoms with van der Waals surface area (Å²) in [6.45, 7) is 1.99. The van der Waals surface area contributed by atoms with E-state index in [0.29, 0.717) is 17.7 Å². The molecular formula is C17H21N5O. The second-order valence-corrected chi connectivity index (χ2v) is 6.40. The number of aromatic nitrogens is 3. The van der Waals surface area contributed by atoms with Crippen molar-refractivity contribution in [3.05, 3.63) is 47.8 Å². The number of piperidine rings is 1. The number of nitrogens with one attached hydrogen (secondary N) is 2. The number of rotatable bonds is 4. The highest BCUT2D eigenvalue weighted by atomic mass is 16.2. The van der Waals surface area contributed by atoms with Crippen molar-refractivity contribution in [3.63, 3.8) is 0 Å². The zero-order valence-electron chi connectivity index (χ0n) is 13.0. The monoisotopic (exact) mass is 311 g/mol. The van der Waals surface area contributed by atoms with Crippen LogP contribution in [0.3, 0.4) is 0 Å². The van der Waals surface area contributed by atoms with Gasteiger partial charge in [-0.15, -0.1) is 5.10 Å². The van der Waals surface area contributed by atoms with Crippen molar-refractivity contribution in [2.45, 2.75) is 37.3 Å². The number of hydrogen-bond acceptors (Lipinski definition) is 4. The Morgan fingerprint density at radius 1 is 1.22 bits per heavy atom. The maximum atomic E-state index is 12.3. The van der Waals surface area contributed by atoms with E-state index in [4.69, 9.17) is 0 Å². The van der Waals surface area contributed by atoms with Crippen LogP contribution in [-0.4, -0.2) is 40.0 Å². The minimum Gasteiger partial charge on any atom is -0.347 e. The van der Waals surface area contributed by atoms with E-state index in [1.54, 1.807) is 6.20 Å². The Morgan fingerprint density at radius 2 is 2.00 bits per heavy atom. The third-order valence-electron chi connectivity index (χ3n) is 4.76. The van der Waals surface area contributed by atoms with Crippen LogP contribution in [0.2, 0.25) is 0 Å². The van der Waals surface area contributed by atoms with Gasteiger partial charge in [0.2, 0.25) is 0 Å². The molecule has 6 nitrogen and oxygen atoms in total. The molecule has 1 saturated heterocycles. The Hall–Kier alpha value is -2.21. The first kappa shape index (κ1) is 14.4. The van der Waals surface area contributed by atoms with Crippen molar-refractivity contribution in [1.82, 2.24) is 25.6 Å². The average Bonchev–Trinajstić information content (AvgIpc) is 3.19. The van der Waals surface area contributed by atoms with E-state index >= 15 is 0 Å². The Morgan fingerprint density at radius 3 is 2.78 bits per heavy atom. The van der Waals surface area contributed by atoms with E-state index in [1.807, 2.05) is 22.9 Å². The Kier molecular flexibility index (Phi) is 3.83. The summed E-state index contributed by atoms with van der Waals surface area (Å²) < 4.78 is 1.84. The number of carbonyl (C=O) groups is 1. The van der Waals surface area contributed by atoms with Gasteiger partial charge >= 0.3 is 0 Å². The van der Waals surface area contributed by atoms with Crippen LogP contribution >= 0.6 is 0 Å². The third-order valence-corrected chi connectivity index (χ3v) is 4.76. The molecule has 2 atom stereocenters. The van der Waals surface area contributed by atoms with Crippen molar-refractivity contribution < 1.29 is 4.79 Å². The van der Waals surface area contributed by atoms with Crippen molar-refractivity contribution in [1.29, 1.82) is 0 Å². The Balaban J connectivity index is 1.36. The van der Waals surface area contributed by atoms with Crippen LogP contribution in [0, 0.1) is 0 Å². The number of hydrogen-bond donors (Lipinski definition) is 2. The highest BCUT2D eigenvalue weighted by molar-refractivity contribution is 5.92. The predicted octanol–water partition coefficient (Wildman–Crippen LogP) is 1.49. The summed E-state index contributed by atoms with van der Waals surface area (Å²) in [5.74, 6) is 0.313. The van der Waals surface area contributed by atoms with Gasteiger partial charge in [0.25, 0.3) is 5.91 Å². The summed E-state index contributed by atoms with van der Waals surface area (Å²) in [4.78, 5) is 12.3. The molecule has 2 heterocycles. The molecule has 2 unspecified atom stereocenters. The quantitative estimate of drug-likeness (QED) is 0.897. The van der Waals surface area contributed by atoms with Gasteiger partial charge in [-0.25, -0.2) is 4.68 Å². The average molecular weight is 311 g/mol. The van der Waals surface area contributed by atoms with E-state index in [0.717, 1.165) is 32.4 Å². The lowest BCUT2D eigenvalue weighted by Gasteiger charge is -2.22. The first-order valence-electron chi connectivity index (χ1n) is 8.29. The van der Waals surface area contributed by atoms with Gasteiger partial charge in [-0.05, 0) is 37.9 Å². The first-order valence-corrected chi connectivity index (χ1v) is 8.29. The minimum atomic E-state index is -0.117. The smallest absolute Gasteiger partial charge is 0.273 e. The normalized spacial score (nSPS) is 24.3. The standard InChI is InChI=1S/C17H21N5O/c23-17(19-15-10-14(15)12-4-2-1-3-5-12)16-11-22(21-20-16)13-6-8-18-9-7-13/h1-5,11,13-15,18H,6-10H2,(H,19,23). The van der Waals surface area contributed by atoms with E-state index in [-0.39, 0.29) is 11.9 Å². The van der Waals surface area contributed by atoms with Crippen LogP contribution in [0.15, 0.2) is 36.5 Å². The predicted molar refractivity (Wildman–Crippen MR) is 86.2 cm³/mol. The van der Waals surface area contributed by atoms with Crippen molar-refractivity contribution in [3.8, 4) is 0 Å². The van der Waals surface area contributed by atoms with Gasteiger partial charge in [-0.1, -0.05) is 35.5 Å². The molecule has 1 saturated carbocycles.